The number of rotatable bonds is 10. The van der Waals surface area contributed by atoms with Gasteiger partial charge in [0.1, 0.15) is 29.1 Å². The summed E-state index contributed by atoms with van der Waals surface area (Å²) in [6.45, 7) is 1.03. The Hall–Kier alpha value is -3.49. The largest absolute Gasteiger partial charge is 0.494 e. The second kappa shape index (κ2) is 10.8. The van der Waals surface area contributed by atoms with Crippen LogP contribution in [0.25, 0.3) is 11.3 Å². The Morgan fingerprint density at radius 1 is 0.971 bits per heavy atom. The number of hydrogen-bond donors (Lipinski definition) is 0. The minimum atomic E-state index is -0.562. The molecule has 9 heteroatoms. The molecule has 0 unspecified atom stereocenters. The van der Waals surface area contributed by atoms with Crippen molar-refractivity contribution in [2.24, 2.45) is 0 Å². The van der Waals surface area contributed by atoms with Crippen LogP contribution < -0.4 is 14.2 Å². The van der Waals surface area contributed by atoms with E-state index in [1.807, 2.05) is 0 Å². The number of carbonyl (C=O) groups excluding carboxylic acids is 2. The molecule has 0 spiro atoms. The molecule has 1 fully saturated rings. The van der Waals surface area contributed by atoms with Gasteiger partial charge in [0.15, 0.2) is 23.1 Å². The van der Waals surface area contributed by atoms with Crippen molar-refractivity contribution in [2.45, 2.75) is 18.9 Å². The zero-order valence-corrected chi connectivity index (χ0v) is 19.9. The number of pyridine rings is 1. The van der Waals surface area contributed by atoms with E-state index in [1.165, 1.54) is 38.5 Å². The van der Waals surface area contributed by atoms with E-state index in [2.05, 4.69) is 4.98 Å². The number of methoxy groups -OCH3 is 2. The zero-order valence-electron chi connectivity index (χ0n) is 19.2. The first-order valence-corrected chi connectivity index (χ1v) is 11.3. The average molecular weight is 500 g/mol. The van der Waals surface area contributed by atoms with Crippen LogP contribution in [0.3, 0.4) is 0 Å². The fourth-order valence-electron chi connectivity index (χ4n) is 3.52. The second-order valence-electron chi connectivity index (χ2n) is 7.87. The van der Waals surface area contributed by atoms with E-state index in [1.54, 1.807) is 24.3 Å². The topological polar surface area (TPSA) is 84.0 Å². The fraction of sp³-hybridized carbons (Fsp3) is 0.269. The van der Waals surface area contributed by atoms with E-state index in [-0.39, 0.29) is 41.2 Å². The summed E-state index contributed by atoms with van der Waals surface area (Å²) >= 11 is 5.90. The maximum Gasteiger partial charge on any atom is 0.181 e. The van der Waals surface area contributed by atoms with Gasteiger partial charge in [-0.3, -0.25) is 9.59 Å². The normalized spacial score (nSPS) is 13.1. The maximum atomic E-state index is 13.6. The van der Waals surface area contributed by atoms with Crippen molar-refractivity contribution >= 4 is 23.2 Å². The van der Waals surface area contributed by atoms with E-state index in [9.17, 15) is 14.0 Å². The highest BCUT2D eigenvalue weighted by Crippen LogP contribution is 2.32. The number of Topliss-reactive ketones (excluding diaryl/α,β-unsaturated/α-hetero) is 2. The van der Waals surface area contributed by atoms with Crippen LogP contribution in [0.1, 0.15) is 33.7 Å². The van der Waals surface area contributed by atoms with Crippen molar-refractivity contribution in [1.82, 2.24) is 4.98 Å². The van der Waals surface area contributed by atoms with Gasteiger partial charge in [0, 0.05) is 24.0 Å². The second-order valence-corrected chi connectivity index (χ2v) is 8.27. The van der Waals surface area contributed by atoms with Gasteiger partial charge in [-0.15, -0.1) is 0 Å². The van der Waals surface area contributed by atoms with Crippen LogP contribution in [0.4, 0.5) is 4.39 Å². The van der Waals surface area contributed by atoms with Crippen molar-refractivity contribution in [3.63, 3.8) is 0 Å². The molecule has 2 aromatic carbocycles. The number of aromatic nitrogens is 1. The van der Waals surface area contributed by atoms with E-state index in [0.717, 1.165) is 0 Å². The average Bonchev–Trinajstić information content (AvgIpc) is 2.85. The molecule has 4 rings (SSSR count). The number of carbonyl (C=O) groups is 2. The molecule has 0 radical (unpaired) electrons. The Kier molecular flexibility index (Phi) is 7.63. The number of benzene rings is 2. The van der Waals surface area contributed by atoms with Crippen LogP contribution in [0.2, 0.25) is 5.02 Å². The van der Waals surface area contributed by atoms with E-state index in [4.69, 9.17) is 30.5 Å². The Labute approximate surface area is 206 Å². The molecule has 0 bridgehead atoms. The molecular formula is C26H23ClFNO6. The molecule has 3 aromatic rings. The summed E-state index contributed by atoms with van der Waals surface area (Å²) in [4.78, 5) is 30.0. The first kappa shape index (κ1) is 24.6. The molecule has 0 amide bonds. The lowest BCUT2D eigenvalue weighted by Crippen LogP contribution is -2.38. The summed E-state index contributed by atoms with van der Waals surface area (Å²) in [7, 11) is 2.97. The number of halogens is 2. The number of ketones is 2. The van der Waals surface area contributed by atoms with Crippen molar-refractivity contribution < 1.29 is 32.9 Å². The zero-order chi connectivity index (χ0) is 24.9. The molecule has 1 saturated heterocycles. The molecule has 7 nitrogen and oxygen atoms in total. The molecule has 182 valence electrons. The first-order chi connectivity index (χ1) is 16.9. The maximum absolute atomic E-state index is 13.6. The third-order valence-electron chi connectivity index (χ3n) is 5.52. The third-order valence-corrected chi connectivity index (χ3v) is 5.81. The lowest BCUT2D eigenvalue weighted by molar-refractivity contribution is -0.0803. The molecule has 0 saturated carbocycles. The van der Waals surface area contributed by atoms with Gasteiger partial charge in [-0.05, 0) is 48.5 Å². The predicted octanol–water partition coefficient (Wildman–Crippen LogP) is 5.18. The van der Waals surface area contributed by atoms with Gasteiger partial charge in [0.05, 0.1) is 32.5 Å². The third kappa shape index (κ3) is 5.61. The van der Waals surface area contributed by atoms with Gasteiger partial charge in [-0.1, -0.05) is 11.6 Å². The minimum absolute atomic E-state index is 0.00985. The van der Waals surface area contributed by atoms with Crippen LogP contribution in [-0.4, -0.2) is 50.1 Å². The summed E-state index contributed by atoms with van der Waals surface area (Å²) in [5.41, 5.74) is 1.43. The van der Waals surface area contributed by atoms with Crippen LogP contribution in [0.5, 0.6) is 17.2 Å². The Balaban J connectivity index is 1.46. The van der Waals surface area contributed by atoms with Gasteiger partial charge < -0.3 is 18.9 Å². The smallest absolute Gasteiger partial charge is 0.181 e. The lowest BCUT2D eigenvalue weighted by Gasteiger charge is -2.27. The highest BCUT2D eigenvalue weighted by Gasteiger charge is 2.22. The molecule has 1 aliphatic heterocycles. The highest BCUT2D eigenvalue weighted by molar-refractivity contribution is 6.31. The number of ether oxygens (including phenoxy) is 4. The summed E-state index contributed by atoms with van der Waals surface area (Å²) < 4.78 is 35.1. The van der Waals surface area contributed by atoms with Gasteiger partial charge in [0.2, 0.25) is 0 Å². The standard InChI is InChI=1S/C26H23ClFNO6/c1-32-24-10-6-20(29-26(24)16-3-5-19(28)18(27)11-16)22(31)8-7-21(30)15-4-9-23(25(12-15)33-2)35-17-13-34-14-17/h3-6,9-12,17H,7-8,13-14H2,1-2H3. The predicted molar refractivity (Wildman–Crippen MR) is 127 cm³/mol. The van der Waals surface area contributed by atoms with Gasteiger partial charge >= 0.3 is 0 Å². The van der Waals surface area contributed by atoms with Crippen molar-refractivity contribution in [2.75, 3.05) is 27.4 Å². The quantitative estimate of drug-likeness (QED) is 0.355. The van der Waals surface area contributed by atoms with Crippen LogP contribution >= 0.6 is 11.6 Å². The summed E-state index contributed by atoms with van der Waals surface area (Å²) in [6, 6.07) is 12.2. The fourth-order valence-corrected chi connectivity index (χ4v) is 3.70. The molecular weight excluding hydrogens is 477 g/mol. The summed E-state index contributed by atoms with van der Waals surface area (Å²) in [6.07, 6.45) is -0.0813. The minimum Gasteiger partial charge on any atom is -0.494 e. The molecule has 1 aliphatic rings. The molecule has 0 aliphatic carbocycles. The van der Waals surface area contributed by atoms with Gasteiger partial charge in [-0.25, -0.2) is 9.37 Å². The molecule has 0 N–H and O–H groups in total. The summed E-state index contributed by atoms with van der Waals surface area (Å²) in [5.74, 6) is 0.288. The highest BCUT2D eigenvalue weighted by atomic mass is 35.5. The number of nitrogens with zero attached hydrogens (tertiary/aromatic N) is 1. The molecule has 35 heavy (non-hydrogen) atoms. The van der Waals surface area contributed by atoms with Crippen LogP contribution in [0.15, 0.2) is 48.5 Å². The molecule has 0 atom stereocenters. The Morgan fingerprint density at radius 3 is 2.34 bits per heavy atom. The van der Waals surface area contributed by atoms with Gasteiger partial charge in [-0.2, -0.15) is 0 Å². The van der Waals surface area contributed by atoms with Crippen LogP contribution in [-0.2, 0) is 4.74 Å². The summed E-state index contributed by atoms with van der Waals surface area (Å²) in [5, 5.41) is -0.0680. The Bertz CT molecular complexity index is 1260. The van der Waals surface area contributed by atoms with E-state index in [0.29, 0.717) is 47.3 Å². The number of hydrogen-bond acceptors (Lipinski definition) is 7. The first-order valence-electron chi connectivity index (χ1n) is 10.9. The van der Waals surface area contributed by atoms with Crippen molar-refractivity contribution in [3.05, 3.63) is 70.6 Å². The van der Waals surface area contributed by atoms with E-state index >= 15 is 0 Å². The lowest BCUT2D eigenvalue weighted by atomic mass is 10.0. The Morgan fingerprint density at radius 2 is 1.69 bits per heavy atom. The van der Waals surface area contributed by atoms with Crippen molar-refractivity contribution in [1.29, 1.82) is 0 Å². The van der Waals surface area contributed by atoms with E-state index < -0.39 is 5.82 Å². The SMILES string of the molecule is COc1cc(C(=O)CCC(=O)c2ccc(OC)c(-c3ccc(F)c(Cl)c3)n2)ccc1OC1COC1. The van der Waals surface area contributed by atoms with Gasteiger partial charge in [0.25, 0.3) is 0 Å². The molecule has 2 heterocycles. The molecule has 1 aromatic heterocycles. The van der Waals surface area contributed by atoms with Crippen molar-refractivity contribution in [3.8, 4) is 28.5 Å². The van der Waals surface area contributed by atoms with Crippen LogP contribution in [0, 0.1) is 5.82 Å². The monoisotopic (exact) mass is 499 g/mol.